The van der Waals surface area contributed by atoms with E-state index in [0.717, 1.165) is 90.0 Å². The van der Waals surface area contributed by atoms with Crippen molar-refractivity contribution in [3.8, 4) is 89.7 Å². The lowest BCUT2D eigenvalue weighted by molar-refractivity contribution is 0.471. The highest BCUT2D eigenvalue weighted by atomic mass is 16.3. The third-order valence-corrected chi connectivity index (χ3v) is 12.9. The highest BCUT2D eigenvalue weighted by molar-refractivity contribution is 5.98. The zero-order valence-corrected chi connectivity index (χ0v) is 39.1. The van der Waals surface area contributed by atoms with Gasteiger partial charge in [0, 0.05) is 22.9 Å². The Hall–Kier alpha value is -7.82. The van der Waals surface area contributed by atoms with Crippen molar-refractivity contribution in [3.05, 3.63) is 217 Å². The molecule has 0 atom stereocenters. The minimum atomic E-state index is -0.159. The average molecular weight is 870 g/mol. The fraction of sp³-hybridized carbons (Fsp3) is 0.143. The highest BCUT2D eigenvalue weighted by Crippen LogP contribution is 2.44. The molecule has 0 radical (unpaired) electrons. The zero-order valence-electron chi connectivity index (χ0n) is 39.1. The highest BCUT2D eigenvalue weighted by Gasteiger charge is 2.26. The lowest BCUT2D eigenvalue weighted by Gasteiger charge is -2.22. The van der Waals surface area contributed by atoms with Crippen LogP contribution in [0.2, 0.25) is 0 Å². The van der Waals surface area contributed by atoms with Crippen molar-refractivity contribution in [2.75, 3.05) is 0 Å². The van der Waals surface area contributed by atoms with Gasteiger partial charge in [-0.05, 0) is 140 Å². The standard InChI is InChI=1S/C63H55N3O/c1-41(2)33-43-25-30-58(55(35-43)48-21-14-9-15-22-48)66-59-24-16-23-54(60(59)65-62(66)56-40-53(63(4,5)6)34-42(3)61(56)67)51-36-50(45-19-12-8-13-20-45)37-52(38-51)57-39-49(31-32-64-57)47-28-26-46(27-29-47)44-17-10-7-11-18-44/h7-32,34-41,67H,33H2,1-6H3. The first-order valence-electron chi connectivity index (χ1n) is 23.4. The molecule has 1 N–H and O–H groups in total. The number of imidazole rings is 1. The number of aromatic nitrogens is 3. The molecule has 8 aromatic carbocycles. The molecule has 328 valence electrons. The maximum absolute atomic E-state index is 12.1. The van der Waals surface area contributed by atoms with Crippen molar-refractivity contribution >= 4 is 11.0 Å². The van der Waals surface area contributed by atoms with Crippen LogP contribution in [0.4, 0.5) is 0 Å². The molecule has 0 fully saturated rings. The number of hydrogen-bond acceptors (Lipinski definition) is 3. The number of benzene rings is 8. The number of fused-ring (bicyclic) bond motifs is 1. The van der Waals surface area contributed by atoms with Crippen molar-refractivity contribution in [2.24, 2.45) is 5.92 Å². The summed E-state index contributed by atoms with van der Waals surface area (Å²) in [6, 6.07) is 69.1. The number of para-hydroxylation sites is 1. The molecule has 0 aliphatic heterocycles. The monoisotopic (exact) mass is 869 g/mol. The number of aromatic hydroxyl groups is 1. The van der Waals surface area contributed by atoms with E-state index in [-0.39, 0.29) is 11.2 Å². The van der Waals surface area contributed by atoms with Gasteiger partial charge >= 0.3 is 0 Å². The van der Waals surface area contributed by atoms with Gasteiger partial charge in [-0.15, -0.1) is 0 Å². The van der Waals surface area contributed by atoms with Crippen LogP contribution >= 0.6 is 0 Å². The van der Waals surface area contributed by atoms with Crippen LogP contribution in [0.15, 0.2) is 200 Å². The fourth-order valence-electron chi connectivity index (χ4n) is 9.35. The van der Waals surface area contributed by atoms with Crippen molar-refractivity contribution < 1.29 is 5.11 Å². The molecule has 4 heteroatoms. The lowest BCUT2D eigenvalue weighted by Crippen LogP contribution is -2.12. The van der Waals surface area contributed by atoms with E-state index in [1.807, 2.05) is 19.2 Å². The van der Waals surface area contributed by atoms with Crippen molar-refractivity contribution in [1.29, 1.82) is 0 Å². The van der Waals surface area contributed by atoms with E-state index < -0.39 is 0 Å². The second-order valence-corrected chi connectivity index (χ2v) is 19.2. The molecule has 0 saturated heterocycles. The van der Waals surface area contributed by atoms with E-state index >= 15 is 0 Å². The third kappa shape index (κ3) is 8.71. The molecule has 67 heavy (non-hydrogen) atoms. The minimum Gasteiger partial charge on any atom is -0.507 e. The Balaban J connectivity index is 1.20. The zero-order chi connectivity index (χ0) is 46.2. The first-order valence-corrected chi connectivity index (χ1v) is 23.4. The summed E-state index contributed by atoms with van der Waals surface area (Å²) in [6.07, 6.45) is 2.88. The predicted octanol–water partition coefficient (Wildman–Crippen LogP) is 16.6. The Morgan fingerprint density at radius 1 is 0.507 bits per heavy atom. The van der Waals surface area contributed by atoms with Gasteiger partial charge in [0.2, 0.25) is 0 Å². The van der Waals surface area contributed by atoms with Gasteiger partial charge in [0.1, 0.15) is 11.6 Å². The Morgan fingerprint density at radius 3 is 1.76 bits per heavy atom. The van der Waals surface area contributed by atoms with Gasteiger partial charge in [-0.3, -0.25) is 9.55 Å². The Labute approximate surface area is 395 Å². The summed E-state index contributed by atoms with van der Waals surface area (Å²) in [6.45, 7) is 13.2. The summed E-state index contributed by atoms with van der Waals surface area (Å²) < 4.78 is 2.28. The van der Waals surface area contributed by atoms with Crippen LogP contribution in [-0.2, 0) is 11.8 Å². The van der Waals surface area contributed by atoms with E-state index in [1.54, 1.807) is 0 Å². The maximum Gasteiger partial charge on any atom is 0.149 e. The lowest BCUT2D eigenvalue weighted by atomic mass is 9.84. The van der Waals surface area contributed by atoms with E-state index in [4.69, 9.17) is 9.97 Å². The average Bonchev–Trinajstić information content (AvgIpc) is 3.74. The van der Waals surface area contributed by atoms with Crippen LogP contribution in [0.1, 0.15) is 51.3 Å². The van der Waals surface area contributed by atoms with Crippen molar-refractivity contribution in [1.82, 2.24) is 14.5 Å². The smallest absolute Gasteiger partial charge is 0.149 e. The Kier molecular flexibility index (Phi) is 11.5. The molecule has 2 aromatic heterocycles. The van der Waals surface area contributed by atoms with Crippen LogP contribution in [0.25, 0.3) is 95.0 Å². The van der Waals surface area contributed by atoms with Crippen LogP contribution in [0.5, 0.6) is 5.75 Å². The summed E-state index contributed by atoms with van der Waals surface area (Å²) in [5.41, 5.74) is 19.5. The summed E-state index contributed by atoms with van der Waals surface area (Å²) in [5, 5.41) is 12.1. The van der Waals surface area contributed by atoms with Gasteiger partial charge in [0.05, 0.1) is 28.0 Å². The minimum absolute atomic E-state index is 0.159. The normalized spacial score (nSPS) is 11.7. The largest absolute Gasteiger partial charge is 0.507 e. The molecule has 0 aliphatic carbocycles. The molecule has 0 aliphatic rings. The molecule has 2 heterocycles. The third-order valence-electron chi connectivity index (χ3n) is 12.9. The molecule has 0 spiro atoms. The number of phenols is 1. The molecule has 0 unspecified atom stereocenters. The van der Waals surface area contributed by atoms with Crippen LogP contribution in [0.3, 0.4) is 0 Å². The van der Waals surface area contributed by atoms with Crippen molar-refractivity contribution in [2.45, 2.75) is 53.4 Å². The molecule has 10 rings (SSSR count). The first kappa shape index (κ1) is 43.1. The maximum atomic E-state index is 12.1. The van der Waals surface area contributed by atoms with Crippen molar-refractivity contribution in [3.63, 3.8) is 0 Å². The summed E-state index contributed by atoms with van der Waals surface area (Å²) in [7, 11) is 0. The second kappa shape index (κ2) is 17.9. The van der Waals surface area contributed by atoms with E-state index in [2.05, 4.69) is 227 Å². The molecule has 4 nitrogen and oxygen atoms in total. The Bertz CT molecular complexity index is 3380. The quantitative estimate of drug-likeness (QED) is 0.149. The molecule has 10 aromatic rings. The van der Waals surface area contributed by atoms with Crippen LogP contribution < -0.4 is 0 Å². The predicted molar refractivity (Wildman–Crippen MR) is 281 cm³/mol. The number of hydrogen-bond donors (Lipinski definition) is 1. The number of phenolic OH excluding ortho intramolecular Hbond substituents is 1. The number of pyridine rings is 1. The van der Waals surface area contributed by atoms with Crippen LogP contribution in [-0.4, -0.2) is 19.6 Å². The van der Waals surface area contributed by atoms with Gasteiger partial charge in [0.15, 0.2) is 0 Å². The SMILES string of the molecule is Cc1cc(C(C)(C)C)cc(-c2nc3c(-c4cc(-c5ccccc5)cc(-c5cc(-c6ccc(-c7ccccc7)cc6)ccn5)c4)cccc3n2-c2ccc(CC(C)C)cc2-c2ccccc2)c1O. The fourth-order valence-corrected chi connectivity index (χ4v) is 9.35. The molecule has 0 saturated carbocycles. The molecular formula is C63H55N3O. The number of nitrogens with zero attached hydrogens (tertiary/aromatic N) is 3. The summed E-state index contributed by atoms with van der Waals surface area (Å²) in [5.74, 6) is 1.43. The van der Waals surface area contributed by atoms with Gasteiger partial charge in [-0.25, -0.2) is 4.98 Å². The number of aryl methyl sites for hydroxylation is 1. The topological polar surface area (TPSA) is 50.9 Å². The molecular weight excluding hydrogens is 815 g/mol. The van der Waals surface area contributed by atoms with E-state index in [1.165, 1.54) is 16.7 Å². The van der Waals surface area contributed by atoms with Gasteiger partial charge < -0.3 is 5.11 Å². The molecule has 0 bridgehead atoms. The van der Waals surface area contributed by atoms with Gasteiger partial charge in [0.25, 0.3) is 0 Å². The summed E-state index contributed by atoms with van der Waals surface area (Å²) >= 11 is 0. The van der Waals surface area contributed by atoms with Gasteiger partial charge in [-0.1, -0.05) is 174 Å². The first-order chi connectivity index (χ1) is 32.5. The molecule has 0 amide bonds. The van der Waals surface area contributed by atoms with Crippen LogP contribution in [0, 0.1) is 12.8 Å². The van der Waals surface area contributed by atoms with Gasteiger partial charge in [-0.2, -0.15) is 0 Å². The second-order valence-electron chi connectivity index (χ2n) is 19.2. The van der Waals surface area contributed by atoms with E-state index in [0.29, 0.717) is 17.3 Å². The Morgan fingerprint density at radius 2 is 1.10 bits per heavy atom. The summed E-state index contributed by atoms with van der Waals surface area (Å²) in [4.78, 5) is 10.6. The van der Waals surface area contributed by atoms with E-state index in [9.17, 15) is 5.11 Å². The number of rotatable bonds is 10.